The molecule has 5 fully saturated rings. The van der Waals surface area contributed by atoms with Crippen molar-refractivity contribution in [2.24, 2.45) is 17.3 Å². The van der Waals surface area contributed by atoms with Gasteiger partial charge in [-0.3, -0.25) is 14.5 Å². The first-order chi connectivity index (χ1) is 23.0. The monoisotopic (exact) mass is 659 g/mol. The molecular weight excluding hydrogens is 605 g/mol. The molecule has 9 nitrogen and oxygen atoms in total. The summed E-state index contributed by atoms with van der Waals surface area (Å²) in [5.41, 5.74) is 2.05. The Morgan fingerprint density at radius 1 is 1.02 bits per heavy atom. The summed E-state index contributed by atoms with van der Waals surface area (Å²) < 4.78 is 19.4. The predicted molar refractivity (Wildman–Crippen MR) is 185 cm³/mol. The Morgan fingerprint density at radius 2 is 1.73 bits per heavy atom. The van der Waals surface area contributed by atoms with E-state index in [1.54, 1.807) is 15.9 Å². The zero-order chi connectivity index (χ0) is 34.1. The molecule has 0 radical (unpaired) electrons. The Bertz CT molecular complexity index is 1360. The summed E-state index contributed by atoms with van der Waals surface area (Å²) in [4.78, 5) is 44.1. The molecule has 2 bridgehead atoms. The molecule has 7 rings (SSSR count). The smallest absolute Gasteiger partial charge is 0.444 e. The van der Waals surface area contributed by atoms with Gasteiger partial charge in [-0.05, 0) is 73.8 Å². The summed E-state index contributed by atoms with van der Waals surface area (Å²) in [6.45, 7) is 15.6. The van der Waals surface area contributed by atoms with Crippen molar-refractivity contribution in [1.82, 2.24) is 15.1 Å². The number of nitrogens with one attached hydrogen (secondary N) is 1. The third-order valence-corrected chi connectivity index (χ3v) is 12.1. The van der Waals surface area contributed by atoms with Crippen LogP contribution in [0, 0.1) is 17.3 Å². The van der Waals surface area contributed by atoms with Crippen molar-refractivity contribution < 1.29 is 28.4 Å². The zero-order valence-electron chi connectivity index (χ0n) is 29.2. The molecule has 1 N–H and O–H groups in total. The fourth-order valence-electron chi connectivity index (χ4n) is 9.09. The van der Waals surface area contributed by atoms with Crippen LogP contribution in [0.1, 0.15) is 103 Å². The maximum absolute atomic E-state index is 14.2. The number of amides is 3. The van der Waals surface area contributed by atoms with Crippen LogP contribution in [-0.4, -0.2) is 71.2 Å². The Morgan fingerprint density at radius 3 is 2.42 bits per heavy atom. The van der Waals surface area contributed by atoms with Crippen LogP contribution in [0.5, 0.6) is 0 Å². The number of carbonyl (C=O) groups excluding carboxylic acids is 3. The highest BCUT2D eigenvalue weighted by molar-refractivity contribution is 6.47. The third kappa shape index (κ3) is 6.84. The lowest BCUT2D eigenvalue weighted by Crippen LogP contribution is -2.65. The third-order valence-electron chi connectivity index (χ3n) is 12.1. The quantitative estimate of drug-likeness (QED) is 0.142. The average molecular weight is 660 g/mol. The number of hydrogen-bond donors (Lipinski definition) is 1. The van der Waals surface area contributed by atoms with E-state index in [1.807, 2.05) is 30.3 Å². The molecule has 10 heteroatoms. The number of likely N-dealkylation sites (tertiary alicyclic amines) is 1. The summed E-state index contributed by atoms with van der Waals surface area (Å²) in [6, 6.07) is 7.23. The van der Waals surface area contributed by atoms with Crippen LogP contribution in [0.15, 0.2) is 49.6 Å². The minimum Gasteiger partial charge on any atom is -0.444 e. The first-order valence-corrected chi connectivity index (χ1v) is 18.2. The molecule has 0 aromatic heterocycles. The van der Waals surface area contributed by atoms with Crippen molar-refractivity contribution in [3.63, 3.8) is 0 Å². The van der Waals surface area contributed by atoms with E-state index in [-0.39, 0.29) is 54.3 Å². The lowest BCUT2D eigenvalue weighted by atomic mass is 9.43. The minimum atomic E-state index is -0.753. The molecule has 0 spiro atoms. The Balaban J connectivity index is 1.14. The predicted octanol–water partition coefficient (Wildman–Crippen LogP) is 6.35. The van der Waals surface area contributed by atoms with Gasteiger partial charge in [0.1, 0.15) is 12.1 Å². The fraction of sp³-hybridized carbons (Fsp3) is 0.658. The van der Waals surface area contributed by atoms with Crippen molar-refractivity contribution in [3.05, 3.63) is 60.7 Å². The summed E-state index contributed by atoms with van der Waals surface area (Å²) >= 11 is 0. The van der Waals surface area contributed by atoms with Crippen LogP contribution in [-0.2, 0) is 36.7 Å². The molecule has 7 atom stereocenters. The van der Waals surface area contributed by atoms with Crippen LogP contribution in [0.4, 0.5) is 4.79 Å². The van der Waals surface area contributed by atoms with Gasteiger partial charge in [0, 0.05) is 25.9 Å². The molecular formula is C38H54BN3O6. The summed E-state index contributed by atoms with van der Waals surface area (Å²) in [7, 11) is -0.552. The molecule has 260 valence electrons. The van der Waals surface area contributed by atoms with E-state index in [9.17, 15) is 14.4 Å². The second-order valence-corrected chi connectivity index (χ2v) is 15.5. The number of allylic oxidation sites excluding steroid dienone is 2. The molecule has 3 aliphatic carbocycles. The summed E-state index contributed by atoms with van der Waals surface area (Å²) in [6.07, 6.45) is 11.7. The highest BCUT2D eigenvalue weighted by atomic mass is 16.7. The van der Waals surface area contributed by atoms with Crippen molar-refractivity contribution in [2.75, 3.05) is 6.54 Å². The van der Waals surface area contributed by atoms with Crippen molar-refractivity contribution in [1.29, 1.82) is 0 Å². The second-order valence-electron chi connectivity index (χ2n) is 15.5. The highest BCUT2D eigenvalue weighted by Crippen LogP contribution is 2.65. The molecule has 1 aromatic rings. The fourth-order valence-corrected chi connectivity index (χ4v) is 9.09. The second kappa shape index (κ2) is 14.4. The lowest BCUT2D eigenvalue weighted by Gasteiger charge is -2.64. The van der Waals surface area contributed by atoms with Crippen LogP contribution < -0.4 is 5.32 Å². The molecule has 3 saturated carbocycles. The van der Waals surface area contributed by atoms with Gasteiger partial charge >= 0.3 is 13.2 Å². The van der Waals surface area contributed by atoms with Gasteiger partial charge in [0.25, 0.3) is 0 Å². The van der Waals surface area contributed by atoms with Gasteiger partial charge in [0.05, 0.1) is 24.2 Å². The van der Waals surface area contributed by atoms with Gasteiger partial charge in [0.2, 0.25) is 11.8 Å². The van der Waals surface area contributed by atoms with E-state index in [4.69, 9.17) is 14.0 Å². The number of unbranched alkanes of at least 4 members (excludes halogenated alkanes) is 4. The SMILES string of the molecule is C=CCCCCCC[C@H](NC(=O)[C@@H]1C[C@@H](OC(=O)N2Cc3ccccc3C2)CN1C(=O)CCC=C)B1O[C@@H]2C[C@@H]3C[C@@H](C3(C)C)[C@]2(C)O1. The standard InChI is InChI=1S/C38H54BN3O6/c1-6-8-10-11-12-13-18-33(39-47-32-21-28-20-31(37(28,3)4)38(32,5)48-39)40-35(44)30-22-29(25-42(30)34(43)19-9-7-2)46-36(45)41-23-26-16-14-15-17-27(26)24-41/h6-7,14-17,28-33H,1-2,8-13,18-25H2,3-5H3,(H,40,44)/t28-,29+,30-,31-,32+,33-,38-/m0/s1. The molecule has 3 amide bonds. The van der Waals surface area contributed by atoms with Crippen LogP contribution >= 0.6 is 0 Å². The van der Waals surface area contributed by atoms with Crippen molar-refractivity contribution in [3.8, 4) is 0 Å². The minimum absolute atomic E-state index is 0.00949. The van der Waals surface area contributed by atoms with Gasteiger partial charge in [-0.15, -0.1) is 13.2 Å². The largest absolute Gasteiger partial charge is 0.481 e. The van der Waals surface area contributed by atoms with Crippen LogP contribution in [0.2, 0.25) is 0 Å². The Kier molecular flexibility index (Phi) is 10.4. The number of rotatable bonds is 14. The maximum atomic E-state index is 14.2. The zero-order valence-corrected chi connectivity index (χ0v) is 29.2. The van der Waals surface area contributed by atoms with Gasteiger partial charge < -0.3 is 24.3 Å². The van der Waals surface area contributed by atoms with Crippen molar-refractivity contribution in [2.45, 2.75) is 134 Å². The Labute approximate surface area is 286 Å². The lowest BCUT2D eigenvalue weighted by molar-refractivity contribution is -0.199. The normalized spacial score (nSPS) is 30.2. The van der Waals surface area contributed by atoms with Crippen LogP contribution in [0.3, 0.4) is 0 Å². The number of carbonyl (C=O) groups is 3. The summed E-state index contributed by atoms with van der Waals surface area (Å²) in [5.74, 6) is 0.302. The number of nitrogens with zero attached hydrogens (tertiary/aromatic N) is 2. The van der Waals surface area contributed by atoms with E-state index in [2.05, 4.69) is 39.2 Å². The molecule has 6 aliphatic rings. The Hall–Kier alpha value is -3.11. The maximum Gasteiger partial charge on any atom is 0.481 e. The molecule has 48 heavy (non-hydrogen) atoms. The van der Waals surface area contributed by atoms with E-state index in [0.29, 0.717) is 31.3 Å². The summed E-state index contributed by atoms with van der Waals surface area (Å²) in [5, 5.41) is 3.29. The molecule has 1 aromatic carbocycles. The van der Waals surface area contributed by atoms with Gasteiger partial charge in [-0.25, -0.2) is 4.79 Å². The van der Waals surface area contributed by atoms with Crippen LogP contribution in [0.25, 0.3) is 0 Å². The number of ether oxygens (including phenoxy) is 1. The average Bonchev–Trinajstić information content (AvgIpc) is 3.79. The number of benzene rings is 1. The van der Waals surface area contributed by atoms with Gasteiger partial charge in [-0.2, -0.15) is 0 Å². The van der Waals surface area contributed by atoms with E-state index in [0.717, 1.165) is 62.5 Å². The topological polar surface area (TPSA) is 97.4 Å². The van der Waals surface area contributed by atoms with Gasteiger partial charge in [-0.1, -0.05) is 69.5 Å². The van der Waals surface area contributed by atoms with E-state index >= 15 is 0 Å². The first kappa shape index (κ1) is 34.7. The highest BCUT2D eigenvalue weighted by Gasteiger charge is 2.68. The van der Waals surface area contributed by atoms with E-state index < -0.39 is 25.4 Å². The van der Waals surface area contributed by atoms with Gasteiger partial charge in [0.15, 0.2) is 0 Å². The molecule has 2 saturated heterocycles. The van der Waals surface area contributed by atoms with Crippen molar-refractivity contribution >= 4 is 25.0 Å². The number of fused-ring (bicyclic) bond motifs is 1. The number of hydrogen-bond acceptors (Lipinski definition) is 6. The molecule has 3 aliphatic heterocycles. The molecule has 0 unspecified atom stereocenters. The first-order valence-electron chi connectivity index (χ1n) is 18.2. The molecule has 3 heterocycles. The van der Waals surface area contributed by atoms with E-state index in [1.165, 1.54) is 0 Å².